The molecule has 2 aliphatic heterocycles. The van der Waals surface area contributed by atoms with Crippen LogP contribution in [0.4, 0.5) is 5.82 Å². The van der Waals surface area contributed by atoms with E-state index in [0.717, 1.165) is 51.3 Å². The number of carbonyl (C=O) groups is 1. The van der Waals surface area contributed by atoms with Crippen LogP contribution >= 0.6 is 0 Å². The minimum absolute atomic E-state index is 0.0889. The van der Waals surface area contributed by atoms with Crippen molar-refractivity contribution < 1.29 is 4.79 Å². The average molecular weight is 321 g/mol. The number of hydrogen-bond acceptors (Lipinski definition) is 3. The smallest absolute Gasteiger partial charge is 0.227 e. The summed E-state index contributed by atoms with van der Waals surface area (Å²) in [6.45, 7) is 3.38. The normalized spacial score (nSPS) is 20.6. The molecule has 4 nitrogen and oxygen atoms in total. The monoisotopic (exact) mass is 321 g/mol. The third-order valence-electron chi connectivity index (χ3n) is 5.19. The van der Waals surface area contributed by atoms with Crippen molar-refractivity contribution in [2.75, 3.05) is 24.5 Å². The van der Waals surface area contributed by atoms with E-state index in [9.17, 15) is 4.79 Å². The molecule has 4 rings (SSSR count). The first kappa shape index (κ1) is 15.2. The van der Waals surface area contributed by atoms with Gasteiger partial charge in [0.15, 0.2) is 0 Å². The number of amides is 1. The third kappa shape index (κ3) is 3.01. The Labute approximate surface area is 143 Å². The molecule has 0 aliphatic carbocycles. The third-order valence-corrected chi connectivity index (χ3v) is 5.19. The summed E-state index contributed by atoms with van der Waals surface area (Å²) in [6.07, 6.45) is 4.83. The van der Waals surface area contributed by atoms with Gasteiger partial charge in [-0.3, -0.25) is 4.79 Å². The fourth-order valence-electron chi connectivity index (χ4n) is 3.87. The van der Waals surface area contributed by atoms with Crippen molar-refractivity contribution >= 4 is 11.7 Å². The molecule has 0 radical (unpaired) electrons. The maximum atomic E-state index is 13.0. The Bertz CT molecular complexity index is 716. The second-order valence-corrected chi connectivity index (χ2v) is 6.75. The summed E-state index contributed by atoms with van der Waals surface area (Å²) in [5.74, 6) is 1.38. The molecule has 2 aliphatic rings. The van der Waals surface area contributed by atoms with Crippen LogP contribution in [-0.2, 0) is 17.8 Å². The van der Waals surface area contributed by atoms with Gasteiger partial charge in [0.1, 0.15) is 5.82 Å². The molecule has 0 N–H and O–H groups in total. The van der Waals surface area contributed by atoms with Crippen LogP contribution in [-0.4, -0.2) is 35.4 Å². The molecule has 24 heavy (non-hydrogen) atoms. The van der Waals surface area contributed by atoms with E-state index in [1.165, 1.54) is 11.1 Å². The van der Waals surface area contributed by atoms with Gasteiger partial charge in [-0.1, -0.05) is 30.3 Å². The van der Waals surface area contributed by atoms with E-state index in [-0.39, 0.29) is 5.92 Å². The number of pyridine rings is 1. The molecule has 3 heterocycles. The highest BCUT2D eigenvalue weighted by atomic mass is 16.2. The standard InChI is InChI=1S/C20H23N3O/c24-20(23-13-10-16-6-1-2-7-17(16)14-23)18-8-5-12-22(15-18)19-9-3-4-11-21-19/h1-4,6-7,9,11,18H,5,8,10,12-15H2/t18-/m0/s1. The largest absolute Gasteiger partial charge is 0.356 e. The Morgan fingerprint density at radius 3 is 2.71 bits per heavy atom. The van der Waals surface area contributed by atoms with Gasteiger partial charge in [0.2, 0.25) is 5.91 Å². The SMILES string of the molecule is O=C([C@H]1CCCN(c2ccccn2)C1)N1CCc2ccccc2C1. The van der Waals surface area contributed by atoms with Crippen molar-refractivity contribution in [1.29, 1.82) is 0 Å². The second-order valence-electron chi connectivity index (χ2n) is 6.75. The van der Waals surface area contributed by atoms with Gasteiger partial charge >= 0.3 is 0 Å². The number of piperidine rings is 1. The van der Waals surface area contributed by atoms with E-state index in [1.807, 2.05) is 24.4 Å². The summed E-state index contributed by atoms with van der Waals surface area (Å²) >= 11 is 0. The van der Waals surface area contributed by atoms with Gasteiger partial charge in [0.05, 0.1) is 5.92 Å². The summed E-state index contributed by atoms with van der Waals surface area (Å²) in [6, 6.07) is 14.5. The molecular formula is C20H23N3O. The Hall–Kier alpha value is -2.36. The molecule has 4 heteroatoms. The van der Waals surface area contributed by atoms with Gasteiger partial charge in [0.25, 0.3) is 0 Å². The number of nitrogens with zero attached hydrogens (tertiary/aromatic N) is 3. The van der Waals surface area contributed by atoms with Crippen molar-refractivity contribution in [2.24, 2.45) is 5.92 Å². The van der Waals surface area contributed by atoms with Crippen LogP contribution in [0.1, 0.15) is 24.0 Å². The number of fused-ring (bicyclic) bond motifs is 1. The average Bonchev–Trinajstić information content (AvgIpc) is 2.68. The molecule has 0 bridgehead atoms. The zero-order chi connectivity index (χ0) is 16.4. The van der Waals surface area contributed by atoms with Gasteiger partial charge in [-0.25, -0.2) is 4.98 Å². The number of aromatic nitrogens is 1. The van der Waals surface area contributed by atoms with Gasteiger partial charge in [-0.2, -0.15) is 0 Å². The fourth-order valence-corrected chi connectivity index (χ4v) is 3.87. The number of hydrogen-bond donors (Lipinski definition) is 0. The minimum atomic E-state index is 0.0889. The van der Waals surface area contributed by atoms with Gasteiger partial charge in [0, 0.05) is 32.4 Å². The van der Waals surface area contributed by atoms with E-state index in [2.05, 4.69) is 39.0 Å². The van der Waals surface area contributed by atoms with E-state index >= 15 is 0 Å². The van der Waals surface area contributed by atoms with Crippen molar-refractivity contribution in [3.05, 3.63) is 59.8 Å². The quantitative estimate of drug-likeness (QED) is 0.853. The topological polar surface area (TPSA) is 36.4 Å². The lowest BCUT2D eigenvalue weighted by atomic mass is 9.94. The second kappa shape index (κ2) is 6.63. The molecule has 1 saturated heterocycles. The fraction of sp³-hybridized carbons (Fsp3) is 0.400. The predicted molar refractivity (Wildman–Crippen MR) is 94.7 cm³/mol. The van der Waals surface area contributed by atoms with Crippen LogP contribution in [0, 0.1) is 5.92 Å². The van der Waals surface area contributed by atoms with Crippen LogP contribution in [0.15, 0.2) is 48.7 Å². The molecule has 1 fully saturated rings. The van der Waals surface area contributed by atoms with Crippen molar-refractivity contribution in [1.82, 2.24) is 9.88 Å². The molecule has 0 saturated carbocycles. The summed E-state index contributed by atoms with van der Waals surface area (Å²) in [4.78, 5) is 21.8. The molecule has 124 valence electrons. The number of anilines is 1. The number of benzene rings is 1. The summed E-state index contributed by atoms with van der Waals surface area (Å²) in [5.41, 5.74) is 2.69. The molecule has 1 atom stereocenters. The first-order chi connectivity index (χ1) is 11.8. The Kier molecular flexibility index (Phi) is 4.20. The zero-order valence-corrected chi connectivity index (χ0v) is 13.9. The van der Waals surface area contributed by atoms with Crippen LogP contribution in [0.25, 0.3) is 0 Å². The Morgan fingerprint density at radius 1 is 1.04 bits per heavy atom. The first-order valence-electron chi connectivity index (χ1n) is 8.83. The van der Waals surface area contributed by atoms with Crippen molar-refractivity contribution in [3.8, 4) is 0 Å². The van der Waals surface area contributed by atoms with Gasteiger partial charge in [-0.05, 0) is 42.5 Å². The van der Waals surface area contributed by atoms with E-state index in [1.54, 1.807) is 0 Å². The van der Waals surface area contributed by atoms with Gasteiger partial charge < -0.3 is 9.80 Å². The Morgan fingerprint density at radius 2 is 1.88 bits per heavy atom. The lowest BCUT2D eigenvalue weighted by Crippen LogP contribution is -2.46. The highest BCUT2D eigenvalue weighted by Gasteiger charge is 2.31. The van der Waals surface area contributed by atoms with Crippen LogP contribution in [0.3, 0.4) is 0 Å². The molecule has 2 aromatic rings. The maximum absolute atomic E-state index is 13.0. The lowest BCUT2D eigenvalue weighted by molar-refractivity contribution is -0.136. The predicted octanol–water partition coefficient (Wildman–Crippen LogP) is 2.88. The molecule has 1 aromatic carbocycles. The molecule has 1 amide bonds. The van der Waals surface area contributed by atoms with E-state index < -0.39 is 0 Å². The number of carbonyl (C=O) groups excluding carboxylic acids is 1. The van der Waals surface area contributed by atoms with Crippen molar-refractivity contribution in [2.45, 2.75) is 25.8 Å². The highest BCUT2D eigenvalue weighted by Crippen LogP contribution is 2.25. The highest BCUT2D eigenvalue weighted by molar-refractivity contribution is 5.80. The molecule has 1 aromatic heterocycles. The zero-order valence-electron chi connectivity index (χ0n) is 13.9. The summed E-state index contributed by atoms with van der Waals surface area (Å²) in [7, 11) is 0. The van der Waals surface area contributed by atoms with Crippen molar-refractivity contribution in [3.63, 3.8) is 0 Å². The van der Waals surface area contributed by atoms with E-state index in [0.29, 0.717) is 5.91 Å². The van der Waals surface area contributed by atoms with Crippen LogP contribution in [0.5, 0.6) is 0 Å². The van der Waals surface area contributed by atoms with Crippen LogP contribution < -0.4 is 4.90 Å². The van der Waals surface area contributed by atoms with Crippen LogP contribution in [0.2, 0.25) is 0 Å². The lowest BCUT2D eigenvalue weighted by Gasteiger charge is -2.37. The number of rotatable bonds is 2. The maximum Gasteiger partial charge on any atom is 0.227 e. The molecular weight excluding hydrogens is 298 g/mol. The minimum Gasteiger partial charge on any atom is -0.356 e. The first-order valence-corrected chi connectivity index (χ1v) is 8.83. The van der Waals surface area contributed by atoms with Gasteiger partial charge in [-0.15, -0.1) is 0 Å². The molecule has 0 unspecified atom stereocenters. The van der Waals surface area contributed by atoms with E-state index in [4.69, 9.17) is 0 Å². The molecule has 0 spiro atoms. The summed E-state index contributed by atoms with van der Waals surface area (Å²) in [5, 5.41) is 0. The Balaban J connectivity index is 1.45. The summed E-state index contributed by atoms with van der Waals surface area (Å²) < 4.78 is 0.